The van der Waals surface area contributed by atoms with Crippen molar-refractivity contribution in [2.24, 2.45) is 0 Å². The monoisotopic (exact) mass is 323 g/mol. The first-order valence-electron chi connectivity index (χ1n) is 8.17. The maximum absolute atomic E-state index is 12.9. The van der Waals surface area contributed by atoms with Crippen LogP contribution in [-0.4, -0.2) is 68.8 Å². The molecule has 1 aliphatic rings. The Hall–Kier alpha value is -1.66. The Balaban J connectivity index is 1.63. The van der Waals surface area contributed by atoms with E-state index in [9.17, 15) is 9.18 Å². The number of urea groups is 1. The van der Waals surface area contributed by atoms with E-state index in [1.807, 2.05) is 17.0 Å². The Bertz CT molecular complexity index is 473. The van der Waals surface area contributed by atoms with Crippen LogP contribution in [0.3, 0.4) is 0 Å². The van der Waals surface area contributed by atoms with Gasteiger partial charge in [0.1, 0.15) is 5.82 Å². The van der Waals surface area contributed by atoms with E-state index in [0.717, 1.165) is 51.1 Å². The van der Waals surface area contributed by atoms with Gasteiger partial charge in [0.05, 0.1) is 0 Å². The lowest BCUT2D eigenvalue weighted by molar-refractivity contribution is 0.139. The fourth-order valence-corrected chi connectivity index (χ4v) is 2.64. The van der Waals surface area contributed by atoms with Gasteiger partial charge >= 0.3 is 6.03 Å². The average Bonchev–Trinajstić information content (AvgIpc) is 2.58. The van der Waals surface area contributed by atoms with Gasteiger partial charge in [-0.25, -0.2) is 9.18 Å². The van der Waals surface area contributed by atoms with Crippen molar-refractivity contribution in [2.75, 3.05) is 53.0 Å². The molecule has 1 N–H and O–H groups in total. The molecule has 0 radical (unpaired) electrons. The third kappa shape index (κ3) is 6.15. The van der Waals surface area contributed by atoms with Crippen molar-refractivity contribution in [1.82, 2.24) is 15.1 Å². The molecule has 0 aliphatic carbocycles. The van der Waals surface area contributed by atoms with E-state index in [4.69, 9.17) is 4.74 Å². The van der Waals surface area contributed by atoms with Crippen LogP contribution in [0.25, 0.3) is 0 Å². The van der Waals surface area contributed by atoms with E-state index in [1.54, 1.807) is 7.11 Å². The highest BCUT2D eigenvalue weighted by atomic mass is 19.1. The number of nitrogens with one attached hydrogen (secondary N) is 1. The molecular formula is C17H26FN3O2. The molecule has 0 spiro atoms. The van der Waals surface area contributed by atoms with Crippen molar-refractivity contribution in [3.63, 3.8) is 0 Å². The van der Waals surface area contributed by atoms with E-state index in [1.165, 1.54) is 12.1 Å². The van der Waals surface area contributed by atoms with Gasteiger partial charge in [0.25, 0.3) is 0 Å². The third-order valence-corrected chi connectivity index (χ3v) is 4.09. The van der Waals surface area contributed by atoms with Crippen LogP contribution in [0.4, 0.5) is 9.18 Å². The molecule has 1 aromatic rings. The first-order valence-corrected chi connectivity index (χ1v) is 8.17. The van der Waals surface area contributed by atoms with Gasteiger partial charge in [-0.1, -0.05) is 12.1 Å². The lowest BCUT2D eigenvalue weighted by Gasteiger charge is -2.34. The van der Waals surface area contributed by atoms with E-state index in [2.05, 4.69) is 10.2 Å². The Morgan fingerprint density at radius 3 is 2.57 bits per heavy atom. The highest BCUT2D eigenvalue weighted by Gasteiger charge is 2.20. The van der Waals surface area contributed by atoms with Crippen LogP contribution in [0.2, 0.25) is 0 Å². The Kier molecular flexibility index (Phi) is 7.29. The Morgan fingerprint density at radius 1 is 1.22 bits per heavy atom. The van der Waals surface area contributed by atoms with Crippen LogP contribution in [-0.2, 0) is 11.2 Å². The van der Waals surface area contributed by atoms with Gasteiger partial charge in [0.15, 0.2) is 0 Å². The summed E-state index contributed by atoms with van der Waals surface area (Å²) in [6.07, 6.45) is 1.74. The highest BCUT2D eigenvalue weighted by molar-refractivity contribution is 5.74. The fourth-order valence-electron chi connectivity index (χ4n) is 2.64. The zero-order chi connectivity index (χ0) is 16.5. The van der Waals surface area contributed by atoms with Gasteiger partial charge in [-0.05, 0) is 30.5 Å². The fraction of sp³-hybridized carbons (Fsp3) is 0.588. The van der Waals surface area contributed by atoms with Crippen LogP contribution >= 0.6 is 0 Å². The van der Waals surface area contributed by atoms with Gasteiger partial charge in [0.2, 0.25) is 0 Å². The summed E-state index contributed by atoms with van der Waals surface area (Å²) in [7, 11) is 1.66. The number of halogens is 1. The number of amides is 2. The van der Waals surface area contributed by atoms with Gasteiger partial charge < -0.3 is 15.0 Å². The summed E-state index contributed by atoms with van der Waals surface area (Å²) in [6.45, 7) is 5.52. The zero-order valence-corrected chi connectivity index (χ0v) is 13.8. The largest absolute Gasteiger partial charge is 0.385 e. The van der Waals surface area contributed by atoms with E-state index in [-0.39, 0.29) is 11.8 Å². The summed E-state index contributed by atoms with van der Waals surface area (Å²) in [6, 6.07) is 6.68. The number of nitrogens with zero attached hydrogens (tertiary/aromatic N) is 2. The predicted octanol–water partition coefficient (Wildman–Crippen LogP) is 1.73. The maximum Gasteiger partial charge on any atom is 0.317 e. The number of hydrogen-bond donors (Lipinski definition) is 1. The quantitative estimate of drug-likeness (QED) is 0.777. The van der Waals surface area contributed by atoms with E-state index in [0.29, 0.717) is 13.2 Å². The molecule has 1 saturated heterocycles. The molecule has 0 aromatic heterocycles. The first-order chi connectivity index (χ1) is 11.2. The molecule has 1 heterocycles. The van der Waals surface area contributed by atoms with Crippen molar-refractivity contribution in [3.8, 4) is 0 Å². The standard InChI is InChI=1S/C17H26FN3O2/c1-23-14-2-8-19-17(22)21-12-10-20(11-13-21)9-7-15-3-5-16(18)6-4-15/h3-6H,2,7-14H2,1H3,(H,19,22). The first kappa shape index (κ1) is 17.7. The van der Waals surface area contributed by atoms with Crippen LogP contribution in [0, 0.1) is 5.82 Å². The van der Waals surface area contributed by atoms with Crippen molar-refractivity contribution >= 4 is 6.03 Å². The van der Waals surface area contributed by atoms with Gasteiger partial charge in [-0.3, -0.25) is 4.90 Å². The zero-order valence-electron chi connectivity index (χ0n) is 13.8. The van der Waals surface area contributed by atoms with Crippen molar-refractivity contribution in [3.05, 3.63) is 35.6 Å². The minimum atomic E-state index is -0.195. The van der Waals surface area contributed by atoms with Gasteiger partial charge in [-0.15, -0.1) is 0 Å². The summed E-state index contributed by atoms with van der Waals surface area (Å²) in [4.78, 5) is 16.2. The number of hydrogen-bond acceptors (Lipinski definition) is 3. The molecule has 2 amide bonds. The molecule has 0 bridgehead atoms. The second-order valence-electron chi connectivity index (χ2n) is 5.78. The summed E-state index contributed by atoms with van der Waals surface area (Å²) in [5.74, 6) is -0.195. The lowest BCUT2D eigenvalue weighted by atomic mass is 10.1. The Morgan fingerprint density at radius 2 is 1.91 bits per heavy atom. The highest BCUT2D eigenvalue weighted by Crippen LogP contribution is 2.07. The molecule has 128 valence electrons. The molecule has 1 aromatic carbocycles. The number of carbonyl (C=O) groups is 1. The van der Waals surface area contributed by atoms with Gasteiger partial charge in [0, 0.05) is 53.0 Å². The van der Waals surface area contributed by atoms with Crippen molar-refractivity contribution in [2.45, 2.75) is 12.8 Å². The molecule has 5 nitrogen and oxygen atoms in total. The summed E-state index contributed by atoms with van der Waals surface area (Å²) < 4.78 is 17.8. The second kappa shape index (κ2) is 9.47. The minimum Gasteiger partial charge on any atom is -0.385 e. The molecule has 0 unspecified atom stereocenters. The second-order valence-corrected chi connectivity index (χ2v) is 5.78. The summed E-state index contributed by atoms with van der Waals surface area (Å²) in [5.41, 5.74) is 1.14. The van der Waals surface area contributed by atoms with Crippen molar-refractivity contribution < 1.29 is 13.9 Å². The Labute approximate surface area is 137 Å². The van der Waals surface area contributed by atoms with E-state index >= 15 is 0 Å². The maximum atomic E-state index is 12.9. The number of benzene rings is 1. The number of ether oxygens (including phenoxy) is 1. The van der Waals surface area contributed by atoms with Crippen LogP contribution < -0.4 is 5.32 Å². The lowest BCUT2D eigenvalue weighted by Crippen LogP contribution is -2.52. The molecule has 6 heteroatoms. The molecule has 1 fully saturated rings. The number of rotatable bonds is 7. The average molecular weight is 323 g/mol. The van der Waals surface area contributed by atoms with Crippen LogP contribution in [0.15, 0.2) is 24.3 Å². The topological polar surface area (TPSA) is 44.8 Å². The molecule has 0 saturated carbocycles. The van der Waals surface area contributed by atoms with Crippen LogP contribution in [0.5, 0.6) is 0 Å². The number of methoxy groups -OCH3 is 1. The van der Waals surface area contributed by atoms with Crippen molar-refractivity contribution in [1.29, 1.82) is 0 Å². The normalized spacial score (nSPS) is 15.7. The predicted molar refractivity (Wildman–Crippen MR) is 88.0 cm³/mol. The molecule has 1 aliphatic heterocycles. The summed E-state index contributed by atoms with van der Waals surface area (Å²) in [5, 5.41) is 2.92. The minimum absolute atomic E-state index is 0.0132. The van der Waals surface area contributed by atoms with E-state index < -0.39 is 0 Å². The number of piperazine rings is 1. The number of carbonyl (C=O) groups excluding carboxylic acids is 1. The molecule has 23 heavy (non-hydrogen) atoms. The SMILES string of the molecule is COCCCNC(=O)N1CCN(CCc2ccc(F)cc2)CC1. The molecule has 0 atom stereocenters. The molecular weight excluding hydrogens is 297 g/mol. The smallest absolute Gasteiger partial charge is 0.317 e. The molecule has 2 rings (SSSR count). The summed E-state index contributed by atoms with van der Waals surface area (Å²) >= 11 is 0. The van der Waals surface area contributed by atoms with Gasteiger partial charge in [-0.2, -0.15) is 0 Å². The van der Waals surface area contributed by atoms with Crippen LogP contribution in [0.1, 0.15) is 12.0 Å². The third-order valence-electron chi connectivity index (χ3n) is 4.09.